The number of amides is 1. The second-order valence-corrected chi connectivity index (χ2v) is 5.92. The molecule has 0 N–H and O–H groups in total. The Bertz CT molecular complexity index is 1060. The van der Waals surface area contributed by atoms with Crippen LogP contribution in [0.1, 0.15) is 0 Å². The molecule has 0 spiro atoms. The van der Waals surface area contributed by atoms with E-state index in [4.69, 9.17) is 16.0 Å². The van der Waals surface area contributed by atoms with E-state index in [1.165, 1.54) is 18.2 Å². The minimum Gasteiger partial charge on any atom is -0.422 e. The van der Waals surface area contributed by atoms with Crippen LogP contribution in [0.15, 0.2) is 57.7 Å². The minimum atomic E-state index is -5.00. The van der Waals surface area contributed by atoms with E-state index >= 15 is 0 Å². The third-order valence-electron chi connectivity index (χ3n) is 3.82. The lowest BCUT2D eigenvalue weighted by Gasteiger charge is -2.19. The molecule has 0 aliphatic heterocycles. The second-order valence-electron chi connectivity index (χ2n) is 5.51. The van der Waals surface area contributed by atoms with Gasteiger partial charge in [0.05, 0.1) is 10.6 Å². The summed E-state index contributed by atoms with van der Waals surface area (Å²) in [4.78, 5) is 24.0. The number of fused-ring (bicyclic) bond motifs is 1. The molecule has 0 saturated carbocycles. The van der Waals surface area contributed by atoms with Gasteiger partial charge in [-0.15, -0.1) is 0 Å². The molecule has 134 valence electrons. The van der Waals surface area contributed by atoms with Crippen LogP contribution in [0.4, 0.5) is 18.9 Å². The molecule has 0 aliphatic carbocycles. The van der Waals surface area contributed by atoms with Gasteiger partial charge in [0.2, 0.25) is 0 Å². The smallest absolute Gasteiger partial charge is 0.422 e. The Morgan fingerprint density at radius 1 is 1.08 bits per heavy atom. The number of anilines is 1. The van der Waals surface area contributed by atoms with Gasteiger partial charge in [0, 0.05) is 23.7 Å². The molecule has 0 atom stereocenters. The summed E-state index contributed by atoms with van der Waals surface area (Å²) in [7, 11) is 0.992. The van der Waals surface area contributed by atoms with Gasteiger partial charge in [-0.2, -0.15) is 13.2 Å². The number of hydrogen-bond donors (Lipinski definition) is 0. The molecule has 0 fully saturated rings. The van der Waals surface area contributed by atoms with E-state index in [-0.39, 0.29) is 16.3 Å². The zero-order valence-electron chi connectivity index (χ0n) is 13.3. The van der Waals surface area contributed by atoms with Crippen LogP contribution in [0.2, 0.25) is 5.02 Å². The number of alkyl halides is 3. The highest BCUT2D eigenvalue weighted by atomic mass is 35.5. The quantitative estimate of drug-likeness (QED) is 0.608. The first kappa shape index (κ1) is 18.0. The molecular formula is C18H11ClF3NO3. The zero-order valence-corrected chi connectivity index (χ0v) is 14.1. The lowest BCUT2D eigenvalue weighted by molar-refractivity contribution is -0.170. The summed E-state index contributed by atoms with van der Waals surface area (Å²) in [6.45, 7) is 0. The first-order chi connectivity index (χ1) is 12.2. The summed E-state index contributed by atoms with van der Waals surface area (Å²) in [5, 5.41) is 0.693. The number of nitrogens with zero attached hydrogens (tertiary/aromatic N) is 1. The van der Waals surface area contributed by atoms with Crippen LogP contribution in [-0.4, -0.2) is 19.1 Å². The predicted octanol–water partition coefficient (Wildman–Crippen LogP) is 4.64. The lowest BCUT2D eigenvalue weighted by atomic mass is 10.1. The molecule has 1 aromatic heterocycles. The van der Waals surface area contributed by atoms with Gasteiger partial charge in [-0.25, -0.2) is 4.79 Å². The van der Waals surface area contributed by atoms with Crippen LogP contribution in [0.3, 0.4) is 0 Å². The van der Waals surface area contributed by atoms with E-state index in [9.17, 15) is 22.8 Å². The fourth-order valence-corrected chi connectivity index (χ4v) is 2.76. The van der Waals surface area contributed by atoms with Crippen molar-refractivity contribution in [1.29, 1.82) is 0 Å². The maximum atomic E-state index is 12.6. The molecule has 3 rings (SSSR count). The van der Waals surface area contributed by atoms with E-state index in [0.29, 0.717) is 21.4 Å². The van der Waals surface area contributed by atoms with E-state index in [1.54, 1.807) is 30.3 Å². The third kappa shape index (κ3) is 3.30. The molecule has 0 radical (unpaired) electrons. The van der Waals surface area contributed by atoms with Crippen molar-refractivity contribution < 1.29 is 22.4 Å². The third-order valence-corrected chi connectivity index (χ3v) is 4.13. The van der Waals surface area contributed by atoms with Crippen LogP contribution >= 0.6 is 11.6 Å². The van der Waals surface area contributed by atoms with Gasteiger partial charge in [-0.3, -0.25) is 4.79 Å². The Balaban J connectivity index is 2.05. The van der Waals surface area contributed by atoms with Crippen LogP contribution in [0.25, 0.3) is 22.1 Å². The van der Waals surface area contributed by atoms with Crippen molar-refractivity contribution in [1.82, 2.24) is 0 Å². The predicted molar refractivity (Wildman–Crippen MR) is 92.4 cm³/mol. The van der Waals surface area contributed by atoms with Crippen LogP contribution in [-0.2, 0) is 4.79 Å². The number of benzene rings is 2. The first-order valence-corrected chi connectivity index (χ1v) is 7.74. The standard InChI is InChI=1S/C18H11ClF3NO3/c1-23(17(25)18(20,21)22)11-6-7-12(14(19)9-11)13-8-10-4-2-3-5-15(10)26-16(13)24/h2-9H,1H3. The Morgan fingerprint density at radius 3 is 2.42 bits per heavy atom. The van der Waals surface area contributed by atoms with Gasteiger partial charge in [0.15, 0.2) is 0 Å². The molecular weight excluding hydrogens is 371 g/mol. The SMILES string of the molecule is CN(C(=O)C(F)(F)F)c1ccc(-c2cc3ccccc3oc2=O)c(Cl)c1. The van der Waals surface area contributed by atoms with Crippen molar-refractivity contribution in [2.45, 2.75) is 6.18 Å². The molecule has 3 aromatic rings. The van der Waals surface area contributed by atoms with Crippen molar-refractivity contribution in [3.63, 3.8) is 0 Å². The summed E-state index contributed by atoms with van der Waals surface area (Å²) >= 11 is 6.15. The molecule has 1 amide bonds. The molecule has 2 aromatic carbocycles. The molecule has 8 heteroatoms. The number of hydrogen-bond acceptors (Lipinski definition) is 3. The molecule has 4 nitrogen and oxygen atoms in total. The summed E-state index contributed by atoms with van der Waals surface area (Å²) in [6, 6.07) is 12.3. The van der Waals surface area contributed by atoms with Gasteiger partial charge in [-0.05, 0) is 24.3 Å². The Kier molecular flexibility index (Phi) is 4.50. The highest BCUT2D eigenvalue weighted by molar-refractivity contribution is 6.33. The van der Waals surface area contributed by atoms with E-state index < -0.39 is 17.7 Å². The molecule has 0 bridgehead atoms. The number of para-hydroxylation sites is 1. The molecule has 0 saturated heterocycles. The largest absolute Gasteiger partial charge is 0.471 e. The van der Waals surface area contributed by atoms with E-state index in [2.05, 4.69) is 0 Å². The summed E-state index contributed by atoms with van der Waals surface area (Å²) in [6.07, 6.45) is -5.00. The van der Waals surface area contributed by atoms with Gasteiger partial charge in [0.1, 0.15) is 5.58 Å². The van der Waals surface area contributed by atoms with Crippen molar-refractivity contribution in [3.05, 3.63) is 64.0 Å². The lowest BCUT2D eigenvalue weighted by Crippen LogP contribution is -2.38. The minimum absolute atomic E-state index is 0.0203. The van der Waals surface area contributed by atoms with Crippen molar-refractivity contribution in [3.8, 4) is 11.1 Å². The number of halogens is 4. The highest BCUT2D eigenvalue weighted by Crippen LogP contribution is 2.32. The van der Waals surface area contributed by atoms with Crippen LogP contribution in [0.5, 0.6) is 0 Å². The monoisotopic (exact) mass is 381 g/mol. The van der Waals surface area contributed by atoms with Crippen molar-refractivity contribution >= 4 is 34.2 Å². The fourth-order valence-electron chi connectivity index (χ4n) is 2.49. The number of carbonyl (C=O) groups excluding carboxylic acids is 1. The number of rotatable bonds is 2. The van der Waals surface area contributed by atoms with E-state index in [1.807, 2.05) is 0 Å². The number of carbonyl (C=O) groups is 1. The summed E-state index contributed by atoms with van der Waals surface area (Å²) in [5.74, 6) is -2.02. The maximum Gasteiger partial charge on any atom is 0.471 e. The van der Waals surface area contributed by atoms with Crippen LogP contribution in [0, 0.1) is 0 Å². The maximum absolute atomic E-state index is 12.6. The highest BCUT2D eigenvalue weighted by Gasteiger charge is 2.41. The average Bonchev–Trinajstić information content (AvgIpc) is 2.59. The van der Waals surface area contributed by atoms with Crippen molar-refractivity contribution in [2.24, 2.45) is 0 Å². The van der Waals surface area contributed by atoms with Crippen LogP contribution < -0.4 is 10.5 Å². The molecule has 0 unspecified atom stereocenters. The van der Waals surface area contributed by atoms with Crippen molar-refractivity contribution in [2.75, 3.05) is 11.9 Å². The summed E-state index contributed by atoms with van der Waals surface area (Å²) < 4.78 is 42.9. The second kappa shape index (κ2) is 6.49. The molecule has 26 heavy (non-hydrogen) atoms. The molecule has 1 heterocycles. The van der Waals surface area contributed by atoms with Gasteiger partial charge >= 0.3 is 17.7 Å². The Morgan fingerprint density at radius 2 is 1.77 bits per heavy atom. The normalized spacial score (nSPS) is 11.6. The Hall–Kier alpha value is -2.80. The topological polar surface area (TPSA) is 50.5 Å². The van der Waals surface area contributed by atoms with Gasteiger partial charge in [-0.1, -0.05) is 35.9 Å². The zero-order chi connectivity index (χ0) is 19.1. The average molecular weight is 382 g/mol. The first-order valence-electron chi connectivity index (χ1n) is 7.36. The Labute approximate surface area is 150 Å². The summed E-state index contributed by atoms with van der Waals surface area (Å²) in [5.41, 5.74) is 0.196. The van der Waals surface area contributed by atoms with Gasteiger partial charge in [0.25, 0.3) is 0 Å². The fraction of sp³-hybridized carbons (Fsp3) is 0.111. The molecule has 0 aliphatic rings. The van der Waals surface area contributed by atoms with Gasteiger partial charge < -0.3 is 9.32 Å². The van der Waals surface area contributed by atoms with E-state index in [0.717, 1.165) is 7.05 Å².